The standard InChI is InChI=1S/C21H20N2O4/c1-23(13-17-12-18(22-27-17)16-5-3-2-4-6-16)21(24)10-8-15-7-9-19-20(11-15)26-14-25-19/h2-7,9,11-12H,8,10,13-14H2,1H3. The summed E-state index contributed by atoms with van der Waals surface area (Å²) in [5, 5.41) is 4.09. The number of fused-ring (bicyclic) bond motifs is 1. The Kier molecular flexibility index (Phi) is 4.78. The molecule has 0 spiro atoms. The second-order valence-corrected chi connectivity index (χ2v) is 6.48. The van der Waals surface area contributed by atoms with Gasteiger partial charge in [-0.15, -0.1) is 0 Å². The van der Waals surface area contributed by atoms with Crippen LogP contribution in [0.1, 0.15) is 17.7 Å². The Morgan fingerprint density at radius 3 is 2.74 bits per heavy atom. The van der Waals surface area contributed by atoms with Crippen LogP contribution >= 0.6 is 0 Å². The first-order valence-corrected chi connectivity index (χ1v) is 8.82. The summed E-state index contributed by atoms with van der Waals surface area (Å²) >= 11 is 0. The van der Waals surface area contributed by atoms with Gasteiger partial charge in [-0.1, -0.05) is 41.6 Å². The van der Waals surface area contributed by atoms with Crippen LogP contribution in [-0.2, 0) is 17.8 Å². The van der Waals surface area contributed by atoms with Crippen molar-refractivity contribution < 1.29 is 18.8 Å². The Balaban J connectivity index is 1.32. The lowest BCUT2D eigenvalue weighted by molar-refractivity contribution is -0.130. The summed E-state index contributed by atoms with van der Waals surface area (Å²) in [5.41, 5.74) is 2.81. The van der Waals surface area contributed by atoms with Crippen molar-refractivity contribution in [3.63, 3.8) is 0 Å². The van der Waals surface area contributed by atoms with Gasteiger partial charge in [0, 0.05) is 25.1 Å². The first-order chi connectivity index (χ1) is 13.2. The molecule has 0 saturated heterocycles. The summed E-state index contributed by atoms with van der Waals surface area (Å²) < 4.78 is 16.1. The molecule has 0 radical (unpaired) electrons. The van der Waals surface area contributed by atoms with Crippen molar-refractivity contribution in [3.8, 4) is 22.8 Å². The van der Waals surface area contributed by atoms with Gasteiger partial charge in [-0.05, 0) is 24.1 Å². The van der Waals surface area contributed by atoms with Crippen LogP contribution in [0.2, 0.25) is 0 Å². The lowest BCUT2D eigenvalue weighted by atomic mass is 10.1. The van der Waals surface area contributed by atoms with E-state index in [0.29, 0.717) is 25.1 Å². The molecular weight excluding hydrogens is 344 g/mol. The lowest BCUT2D eigenvalue weighted by Gasteiger charge is -2.15. The molecule has 0 atom stereocenters. The van der Waals surface area contributed by atoms with E-state index in [0.717, 1.165) is 28.3 Å². The fourth-order valence-electron chi connectivity index (χ4n) is 2.99. The minimum Gasteiger partial charge on any atom is -0.454 e. The molecule has 6 nitrogen and oxygen atoms in total. The van der Waals surface area contributed by atoms with Crippen LogP contribution in [0.15, 0.2) is 59.1 Å². The highest BCUT2D eigenvalue weighted by Gasteiger charge is 2.16. The predicted molar refractivity (Wildman–Crippen MR) is 99.3 cm³/mol. The molecule has 0 bridgehead atoms. The number of aromatic nitrogens is 1. The molecule has 0 saturated carbocycles. The lowest BCUT2D eigenvalue weighted by Crippen LogP contribution is -2.26. The van der Waals surface area contributed by atoms with Gasteiger partial charge in [-0.25, -0.2) is 0 Å². The molecule has 1 aromatic heterocycles. The van der Waals surface area contributed by atoms with E-state index in [2.05, 4.69) is 5.16 Å². The normalized spacial score (nSPS) is 12.2. The highest BCUT2D eigenvalue weighted by atomic mass is 16.7. The second-order valence-electron chi connectivity index (χ2n) is 6.48. The molecule has 0 aliphatic carbocycles. The summed E-state index contributed by atoms with van der Waals surface area (Å²) in [6.45, 7) is 0.641. The van der Waals surface area contributed by atoms with Crippen molar-refractivity contribution in [1.82, 2.24) is 10.1 Å². The first kappa shape index (κ1) is 17.1. The zero-order valence-electron chi connectivity index (χ0n) is 15.1. The molecule has 0 N–H and O–H groups in total. The Morgan fingerprint density at radius 2 is 1.89 bits per heavy atom. The van der Waals surface area contributed by atoms with E-state index in [1.54, 1.807) is 11.9 Å². The Hall–Kier alpha value is -3.28. The topological polar surface area (TPSA) is 64.8 Å². The molecule has 3 aromatic rings. The van der Waals surface area contributed by atoms with Gasteiger partial charge in [-0.3, -0.25) is 4.79 Å². The van der Waals surface area contributed by atoms with Gasteiger partial charge in [0.25, 0.3) is 0 Å². The van der Waals surface area contributed by atoms with E-state index in [-0.39, 0.29) is 12.7 Å². The van der Waals surface area contributed by atoms with Crippen LogP contribution in [0, 0.1) is 0 Å². The third kappa shape index (κ3) is 3.95. The maximum Gasteiger partial charge on any atom is 0.231 e. The minimum atomic E-state index is 0.0466. The fraction of sp³-hybridized carbons (Fsp3) is 0.238. The number of amides is 1. The summed E-state index contributed by atoms with van der Waals surface area (Å²) in [7, 11) is 1.77. The summed E-state index contributed by atoms with van der Waals surface area (Å²) in [5.74, 6) is 2.20. The van der Waals surface area contributed by atoms with Gasteiger partial charge in [0.05, 0.1) is 6.54 Å². The summed E-state index contributed by atoms with van der Waals surface area (Å²) in [4.78, 5) is 14.1. The Labute approximate surface area is 157 Å². The molecule has 6 heteroatoms. The quantitative estimate of drug-likeness (QED) is 0.668. The zero-order chi connectivity index (χ0) is 18.6. The molecular formula is C21H20N2O4. The van der Waals surface area contributed by atoms with E-state index in [4.69, 9.17) is 14.0 Å². The van der Waals surface area contributed by atoms with Gasteiger partial charge in [-0.2, -0.15) is 0 Å². The van der Waals surface area contributed by atoms with Crippen LogP contribution in [0.3, 0.4) is 0 Å². The van der Waals surface area contributed by atoms with E-state index in [1.165, 1.54) is 0 Å². The molecule has 0 unspecified atom stereocenters. The Bertz CT molecular complexity index is 936. The van der Waals surface area contributed by atoms with Crippen molar-refractivity contribution in [3.05, 3.63) is 65.9 Å². The number of benzene rings is 2. The van der Waals surface area contributed by atoms with Crippen molar-refractivity contribution >= 4 is 5.91 Å². The maximum atomic E-state index is 12.4. The molecule has 4 rings (SSSR count). The molecule has 138 valence electrons. The maximum absolute atomic E-state index is 12.4. The number of nitrogens with zero attached hydrogens (tertiary/aromatic N) is 2. The van der Waals surface area contributed by atoms with Crippen LogP contribution < -0.4 is 9.47 Å². The van der Waals surface area contributed by atoms with Crippen LogP contribution in [0.5, 0.6) is 11.5 Å². The average Bonchev–Trinajstić information content (AvgIpc) is 3.35. The van der Waals surface area contributed by atoms with Crippen LogP contribution in [0.4, 0.5) is 0 Å². The van der Waals surface area contributed by atoms with Gasteiger partial charge in [0.1, 0.15) is 5.69 Å². The van der Waals surface area contributed by atoms with Crippen molar-refractivity contribution in [2.75, 3.05) is 13.8 Å². The monoisotopic (exact) mass is 364 g/mol. The van der Waals surface area contributed by atoms with E-state index in [9.17, 15) is 4.79 Å². The average molecular weight is 364 g/mol. The Morgan fingerprint density at radius 1 is 1.07 bits per heavy atom. The molecule has 1 aliphatic rings. The summed E-state index contributed by atoms with van der Waals surface area (Å²) in [6.07, 6.45) is 1.06. The van der Waals surface area contributed by atoms with Gasteiger partial charge < -0.3 is 18.9 Å². The van der Waals surface area contributed by atoms with Crippen molar-refractivity contribution in [1.29, 1.82) is 0 Å². The fourth-order valence-corrected chi connectivity index (χ4v) is 2.99. The van der Waals surface area contributed by atoms with Crippen LogP contribution in [0.25, 0.3) is 11.3 Å². The molecule has 27 heavy (non-hydrogen) atoms. The molecule has 2 aromatic carbocycles. The van der Waals surface area contributed by atoms with Gasteiger partial charge in [0.15, 0.2) is 17.3 Å². The SMILES string of the molecule is CN(Cc1cc(-c2ccccc2)no1)C(=O)CCc1ccc2c(c1)OCO2. The summed E-state index contributed by atoms with van der Waals surface area (Å²) in [6, 6.07) is 17.5. The third-order valence-electron chi connectivity index (χ3n) is 4.51. The zero-order valence-corrected chi connectivity index (χ0v) is 15.1. The highest BCUT2D eigenvalue weighted by Crippen LogP contribution is 2.32. The van der Waals surface area contributed by atoms with Gasteiger partial charge in [0.2, 0.25) is 12.7 Å². The molecule has 1 aliphatic heterocycles. The number of rotatable bonds is 6. The number of carbonyl (C=O) groups is 1. The van der Waals surface area contributed by atoms with Crippen molar-refractivity contribution in [2.45, 2.75) is 19.4 Å². The minimum absolute atomic E-state index is 0.0466. The number of ether oxygens (including phenoxy) is 2. The number of carbonyl (C=O) groups excluding carboxylic acids is 1. The molecule has 1 amide bonds. The van der Waals surface area contributed by atoms with Crippen LogP contribution in [-0.4, -0.2) is 29.8 Å². The largest absolute Gasteiger partial charge is 0.454 e. The molecule has 2 heterocycles. The third-order valence-corrected chi connectivity index (χ3v) is 4.51. The van der Waals surface area contributed by atoms with E-state index < -0.39 is 0 Å². The number of hydrogen-bond acceptors (Lipinski definition) is 5. The first-order valence-electron chi connectivity index (χ1n) is 8.82. The molecule has 0 fully saturated rings. The number of aryl methyl sites for hydroxylation is 1. The van der Waals surface area contributed by atoms with E-state index in [1.807, 2.05) is 54.6 Å². The second kappa shape index (κ2) is 7.53. The predicted octanol–water partition coefficient (Wildman–Crippen LogP) is 3.66. The number of hydrogen-bond donors (Lipinski definition) is 0. The van der Waals surface area contributed by atoms with E-state index >= 15 is 0 Å². The van der Waals surface area contributed by atoms with Crippen molar-refractivity contribution in [2.24, 2.45) is 0 Å². The van der Waals surface area contributed by atoms with Gasteiger partial charge >= 0.3 is 0 Å². The smallest absolute Gasteiger partial charge is 0.231 e. The highest BCUT2D eigenvalue weighted by molar-refractivity contribution is 5.76.